The summed E-state index contributed by atoms with van der Waals surface area (Å²) >= 11 is 6.46. The first-order chi connectivity index (χ1) is 13.5. The first kappa shape index (κ1) is 19.3. The maximum absolute atomic E-state index is 9.43. The van der Waals surface area contributed by atoms with Gasteiger partial charge in [0.05, 0.1) is 17.3 Å². The quantitative estimate of drug-likeness (QED) is 0.650. The van der Waals surface area contributed by atoms with E-state index in [0.29, 0.717) is 35.3 Å². The molecule has 3 rings (SSSR count). The van der Waals surface area contributed by atoms with Crippen molar-refractivity contribution in [2.24, 2.45) is 0 Å². The second-order valence-corrected chi connectivity index (χ2v) is 6.20. The summed E-state index contributed by atoms with van der Waals surface area (Å²) in [5.74, 6) is 0.888. The Morgan fingerprint density at radius 3 is 2.46 bits per heavy atom. The van der Waals surface area contributed by atoms with Crippen LogP contribution in [0.1, 0.15) is 18.1 Å². The van der Waals surface area contributed by atoms with Gasteiger partial charge in [-0.25, -0.2) is 4.98 Å². The topological polar surface area (TPSA) is 120 Å². The summed E-state index contributed by atoms with van der Waals surface area (Å²) in [6, 6.07) is 15.0. The van der Waals surface area contributed by atoms with Crippen LogP contribution in [0.4, 0.5) is 11.8 Å². The number of hydrogen-bond acceptors (Lipinski definition) is 7. The van der Waals surface area contributed by atoms with Gasteiger partial charge in [0, 0.05) is 11.6 Å². The Kier molecular flexibility index (Phi) is 5.82. The largest absolute Gasteiger partial charge is 0.490 e. The number of aromatic nitrogens is 2. The van der Waals surface area contributed by atoms with E-state index in [0.717, 1.165) is 5.56 Å². The SMILES string of the molecule is CCOc1cc(-c2nc(N)nc(N)c2C#N)c(Cl)cc1OCc1ccccc1. The molecule has 0 bridgehead atoms. The maximum Gasteiger partial charge on any atom is 0.222 e. The van der Waals surface area contributed by atoms with E-state index in [1.807, 2.05) is 43.3 Å². The molecule has 0 saturated carbocycles. The van der Waals surface area contributed by atoms with Crippen molar-refractivity contribution < 1.29 is 9.47 Å². The fourth-order valence-electron chi connectivity index (χ4n) is 2.63. The lowest BCUT2D eigenvalue weighted by atomic mass is 10.1. The third-order valence-corrected chi connectivity index (χ3v) is 4.20. The van der Waals surface area contributed by atoms with Crippen LogP contribution in [0.5, 0.6) is 11.5 Å². The average molecular weight is 396 g/mol. The van der Waals surface area contributed by atoms with E-state index in [-0.39, 0.29) is 23.0 Å². The lowest BCUT2D eigenvalue weighted by Gasteiger charge is -2.15. The van der Waals surface area contributed by atoms with Crippen molar-refractivity contribution in [3.63, 3.8) is 0 Å². The highest BCUT2D eigenvalue weighted by Gasteiger charge is 2.19. The van der Waals surface area contributed by atoms with Crippen LogP contribution in [0.2, 0.25) is 5.02 Å². The van der Waals surface area contributed by atoms with E-state index in [1.165, 1.54) is 0 Å². The second kappa shape index (κ2) is 8.46. The third kappa shape index (κ3) is 4.08. The Hall–Kier alpha value is -3.50. The predicted molar refractivity (Wildman–Crippen MR) is 108 cm³/mol. The molecule has 0 saturated heterocycles. The van der Waals surface area contributed by atoms with E-state index < -0.39 is 0 Å². The van der Waals surface area contributed by atoms with Crippen LogP contribution in [0.15, 0.2) is 42.5 Å². The van der Waals surface area contributed by atoms with Gasteiger partial charge < -0.3 is 20.9 Å². The molecule has 0 radical (unpaired) electrons. The van der Waals surface area contributed by atoms with E-state index >= 15 is 0 Å². The number of nitrogen functional groups attached to an aromatic ring is 2. The molecule has 0 aliphatic rings. The fraction of sp³-hybridized carbons (Fsp3) is 0.150. The molecule has 1 heterocycles. The minimum atomic E-state index is -0.0510. The highest BCUT2D eigenvalue weighted by Crippen LogP contribution is 2.40. The summed E-state index contributed by atoms with van der Waals surface area (Å²) in [5.41, 5.74) is 13.3. The lowest BCUT2D eigenvalue weighted by Crippen LogP contribution is -2.06. The number of hydrogen-bond donors (Lipinski definition) is 2. The van der Waals surface area contributed by atoms with Crippen LogP contribution >= 0.6 is 11.6 Å². The Balaban J connectivity index is 2.03. The zero-order valence-corrected chi connectivity index (χ0v) is 15.9. The van der Waals surface area contributed by atoms with Crippen LogP contribution in [-0.4, -0.2) is 16.6 Å². The molecular formula is C20H18ClN5O2. The molecule has 1 aromatic heterocycles. The third-order valence-electron chi connectivity index (χ3n) is 3.89. The normalized spacial score (nSPS) is 10.3. The molecule has 2 aromatic carbocycles. The Morgan fingerprint density at radius 2 is 1.79 bits per heavy atom. The molecule has 28 heavy (non-hydrogen) atoms. The molecule has 7 nitrogen and oxygen atoms in total. The highest BCUT2D eigenvalue weighted by atomic mass is 35.5. The van der Waals surface area contributed by atoms with Crippen LogP contribution in [0.3, 0.4) is 0 Å². The van der Waals surface area contributed by atoms with E-state index in [4.69, 9.17) is 32.5 Å². The Morgan fingerprint density at radius 1 is 1.07 bits per heavy atom. The molecular weight excluding hydrogens is 378 g/mol. The van der Waals surface area contributed by atoms with Gasteiger partial charge in [-0.1, -0.05) is 41.9 Å². The molecule has 0 unspecified atom stereocenters. The van der Waals surface area contributed by atoms with Gasteiger partial charge in [-0.3, -0.25) is 0 Å². The number of nitrogens with two attached hydrogens (primary N) is 2. The number of benzene rings is 2. The van der Waals surface area contributed by atoms with Crippen molar-refractivity contribution in [3.05, 3.63) is 58.6 Å². The van der Waals surface area contributed by atoms with Crippen LogP contribution < -0.4 is 20.9 Å². The smallest absolute Gasteiger partial charge is 0.222 e. The van der Waals surface area contributed by atoms with E-state index in [2.05, 4.69) is 9.97 Å². The zero-order valence-electron chi connectivity index (χ0n) is 15.1. The van der Waals surface area contributed by atoms with Gasteiger partial charge in [0.15, 0.2) is 11.5 Å². The number of ether oxygens (including phenoxy) is 2. The molecule has 3 aromatic rings. The van der Waals surface area contributed by atoms with Crippen molar-refractivity contribution in [2.45, 2.75) is 13.5 Å². The Bertz CT molecular complexity index is 1040. The lowest BCUT2D eigenvalue weighted by molar-refractivity contribution is 0.269. The minimum Gasteiger partial charge on any atom is -0.490 e. The number of anilines is 2. The highest BCUT2D eigenvalue weighted by molar-refractivity contribution is 6.33. The van der Waals surface area contributed by atoms with Gasteiger partial charge in [0.25, 0.3) is 0 Å². The van der Waals surface area contributed by atoms with Crippen molar-refractivity contribution in [3.8, 4) is 28.8 Å². The summed E-state index contributed by atoms with van der Waals surface area (Å²) < 4.78 is 11.6. The van der Waals surface area contributed by atoms with Crippen LogP contribution in [-0.2, 0) is 6.61 Å². The van der Waals surface area contributed by atoms with Gasteiger partial charge in [0.1, 0.15) is 24.1 Å². The standard InChI is InChI=1S/C20H18ClN5O2/c1-2-27-16-8-13(18-14(10-22)19(23)26-20(24)25-18)15(21)9-17(16)28-11-12-6-4-3-5-7-12/h3-9H,2,11H2,1H3,(H4,23,24,25,26). The number of halogens is 1. The molecule has 0 aliphatic carbocycles. The van der Waals surface area contributed by atoms with Gasteiger partial charge in [-0.05, 0) is 18.6 Å². The molecule has 0 atom stereocenters. The monoisotopic (exact) mass is 395 g/mol. The second-order valence-electron chi connectivity index (χ2n) is 5.79. The summed E-state index contributed by atoms with van der Waals surface area (Å²) in [7, 11) is 0. The minimum absolute atomic E-state index is 0.0107. The summed E-state index contributed by atoms with van der Waals surface area (Å²) in [5, 5.41) is 9.75. The fourth-order valence-corrected chi connectivity index (χ4v) is 2.88. The van der Waals surface area contributed by atoms with Gasteiger partial charge in [-0.15, -0.1) is 0 Å². The summed E-state index contributed by atoms with van der Waals surface area (Å²) in [6.07, 6.45) is 0. The first-order valence-corrected chi connectivity index (χ1v) is 8.87. The molecule has 0 amide bonds. The number of nitriles is 1. The summed E-state index contributed by atoms with van der Waals surface area (Å²) in [4.78, 5) is 7.97. The summed E-state index contributed by atoms with van der Waals surface area (Å²) in [6.45, 7) is 2.63. The van der Waals surface area contributed by atoms with Crippen LogP contribution in [0.25, 0.3) is 11.3 Å². The number of rotatable bonds is 6. The van der Waals surface area contributed by atoms with E-state index in [1.54, 1.807) is 12.1 Å². The molecule has 0 fully saturated rings. The van der Waals surface area contributed by atoms with Crippen LogP contribution in [0, 0.1) is 11.3 Å². The Labute approximate surface area is 167 Å². The van der Waals surface area contributed by atoms with Gasteiger partial charge >= 0.3 is 0 Å². The van der Waals surface area contributed by atoms with Gasteiger partial charge in [0.2, 0.25) is 5.95 Å². The maximum atomic E-state index is 9.43. The molecule has 142 valence electrons. The average Bonchev–Trinajstić information content (AvgIpc) is 2.68. The van der Waals surface area contributed by atoms with Crippen molar-refractivity contribution in [1.82, 2.24) is 9.97 Å². The van der Waals surface area contributed by atoms with Crippen molar-refractivity contribution in [2.75, 3.05) is 18.1 Å². The number of nitrogens with zero attached hydrogens (tertiary/aromatic N) is 3. The zero-order chi connectivity index (χ0) is 20.1. The van der Waals surface area contributed by atoms with E-state index in [9.17, 15) is 5.26 Å². The predicted octanol–water partition coefficient (Wildman–Crippen LogP) is 3.81. The van der Waals surface area contributed by atoms with Crippen molar-refractivity contribution >= 4 is 23.4 Å². The molecule has 0 aliphatic heterocycles. The molecule has 4 N–H and O–H groups in total. The molecule has 8 heteroatoms. The first-order valence-electron chi connectivity index (χ1n) is 8.50. The van der Waals surface area contributed by atoms with Crippen molar-refractivity contribution in [1.29, 1.82) is 5.26 Å². The van der Waals surface area contributed by atoms with Gasteiger partial charge in [-0.2, -0.15) is 10.2 Å². The molecule has 0 spiro atoms.